The summed E-state index contributed by atoms with van der Waals surface area (Å²) in [5, 5.41) is 10.00. The topological polar surface area (TPSA) is 84.0 Å². The molecule has 0 N–H and O–H groups in total. The Morgan fingerprint density at radius 1 is 1.08 bits per heavy atom. The first-order valence-electron chi connectivity index (χ1n) is 12.2. The van der Waals surface area contributed by atoms with Crippen molar-refractivity contribution in [3.8, 4) is 17.6 Å². The molecule has 1 amide bonds. The summed E-state index contributed by atoms with van der Waals surface area (Å²) in [5.41, 5.74) is 3.02. The van der Waals surface area contributed by atoms with E-state index in [2.05, 4.69) is 16.0 Å². The van der Waals surface area contributed by atoms with Gasteiger partial charge in [0, 0.05) is 60.8 Å². The molecule has 5 rings (SSSR count). The molecule has 1 aliphatic heterocycles. The van der Waals surface area contributed by atoms with Crippen LogP contribution in [0.15, 0.2) is 73.2 Å². The third-order valence-electron chi connectivity index (χ3n) is 7.02. The van der Waals surface area contributed by atoms with Gasteiger partial charge in [-0.15, -0.1) is 0 Å². The van der Waals surface area contributed by atoms with E-state index in [1.165, 1.54) is 6.20 Å². The van der Waals surface area contributed by atoms with Gasteiger partial charge in [0.05, 0.1) is 15.6 Å². The van der Waals surface area contributed by atoms with Crippen molar-refractivity contribution in [3.63, 3.8) is 0 Å². The number of nitriles is 1. The quantitative estimate of drug-likeness (QED) is 0.293. The summed E-state index contributed by atoms with van der Waals surface area (Å²) in [6.45, 7) is 4.93. The maximum atomic E-state index is 13.6. The Morgan fingerprint density at radius 3 is 2.50 bits per heavy atom. The van der Waals surface area contributed by atoms with Gasteiger partial charge in [0.1, 0.15) is 18.0 Å². The minimum Gasteiger partial charge on any atom is -0.474 e. The van der Waals surface area contributed by atoms with Crippen LogP contribution < -0.4 is 4.74 Å². The summed E-state index contributed by atoms with van der Waals surface area (Å²) in [5.74, 6) is 1.22. The molecule has 1 fully saturated rings. The van der Waals surface area contributed by atoms with Crippen molar-refractivity contribution in [2.24, 2.45) is 5.92 Å². The van der Waals surface area contributed by atoms with Crippen molar-refractivity contribution in [1.29, 1.82) is 5.26 Å². The van der Waals surface area contributed by atoms with Gasteiger partial charge in [0.25, 0.3) is 5.91 Å². The summed E-state index contributed by atoms with van der Waals surface area (Å²) < 4.78 is 8.15. The molecule has 0 radical (unpaired) electrons. The van der Waals surface area contributed by atoms with Crippen molar-refractivity contribution in [1.82, 2.24) is 19.4 Å². The van der Waals surface area contributed by atoms with Crippen LogP contribution in [0.4, 0.5) is 0 Å². The number of pyridine rings is 1. The first kappa shape index (κ1) is 25.8. The largest absolute Gasteiger partial charge is 0.474 e. The van der Waals surface area contributed by atoms with Crippen molar-refractivity contribution >= 4 is 29.1 Å². The Labute approximate surface area is 231 Å². The molecule has 9 heteroatoms. The molecular formula is C29H25Cl2N5O2. The van der Waals surface area contributed by atoms with Crippen LogP contribution in [0.3, 0.4) is 0 Å². The number of aromatic nitrogens is 3. The zero-order chi connectivity index (χ0) is 26.8. The Kier molecular flexibility index (Phi) is 7.37. The second-order valence-electron chi connectivity index (χ2n) is 9.37. The van der Waals surface area contributed by atoms with Gasteiger partial charge >= 0.3 is 0 Å². The number of carbonyl (C=O) groups excluding carboxylic acids is 1. The smallest absolute Gasteiger partial charge is 0.253 e. The molecule has 2 aromatic carbocycles. The van der Waals surface area contributed by atoms with E-state index >= 15 is 0 Å². The van der Waals surface area contributed by atoms with Crippen LogP contribution in [0.1, 0.15) is 40.2 Å². The Balaban J connectivity index is 1.39. The van der Waals surface area contributed by atoms with Crippen molar-refractivity contribution in [3.05, 3.63) is 106 Å². The second kappa shape index (κ2) is 10.9. The number of benzene rings is 2. The monoisotopic (exact) mass is 545 g/mol. The molecule has 1 saturated heterocycles. The summed E-state index contributed by atoms with van der Waals surface area (Å²) in [6.07, 6.45) is 4.86. The maximum absolute atomic E-state index is 13.6. The first-order chi connectivity index (χ1) is 18.3. The highest BCUT2D eigenvalue weighted by Crippen LogP contribution is 2.38. The van der Waals surface area contributed by atoms with Crippen LogP contribution in [-0.2, 0) is 0 Å². The van der Waals surface area contributed by atoms with Crippen LogP contribution in [0.25, 0.3) is 5.69 Å². The summed E-state index contributed by atoms with van der Waals surface area (Å²) in [4.78, 5) is 24.0. The van der Waals surface area contributed by atoms with Gasteiger partial charge < -0.3 is 14.2 Å². The molecule has 0 bridgehead atoms. The second-order valence-corrected chi connectivity index (χ2v) is 10.2. The van der Waals surface area contributed by atoms with E-state index in [9.17, 15) is 4.79 Å². The lowest BCUT2D eigenvalue weighted by Crippen LogP contribution is -2.32. The summed E-state index contributed by atoms with van der Waals surface area (Å²) >= 11 is 12.5. The standard InChI is InChI=1S/C29H25Cl2N5O2/c1-18(38-28-10-3-20(14-32)15-34-28)24-16-35(17-25(24)22-6-9-26(30)27(31)13-22)29(37)21-4-7-23(8-5-21)36-12-11-33-19(36)2/h3-13,15,18,24-25H,16-17H2,1-2H3/t18-,24+,25+/m0/s1. The molecule has 2 aromatic heterocycles. The van der Waals surface area contributed by atoms with Gasteiger partial charge in [0.2, 0.25) is 5.88 Å². The number of hydrogen-bond acceptors (Lipinski definition) is 5. The molecule has 4 aromatic rings. The third kappa shape index (κ3) is 5.24. The lowest BCUT2D eigenvalue weighted by Gasteiger charge is -2.25. The van der Waals surface area contributed by atoms with Gasteiger partial charge in [-0.1, -0.05) is 29.3 Å². The highest BCUT2D eigenvalue weighted by atomic mass is 35.5. The van der Waals surface area contributed by atoms with Crippen LogP contribution in [0.5, 0.6) is 5.88 Å². The number of hydrogen-bond donors (Lipinski definition) is 0. The van der Waals surface area contributed by atoms with Crippen molar-refractivity contribution in [2.75, 3.05) is 13.1 Å². The molecule has 38 heavy (non-hydrogen) atoms. The van der Waals surface area contributed by atoms with Gasteiger partial charge in [-0.05, 0) is 61.9 Å². The number of carbonyl (C=O) groups is 1. The number of nitrogens with zero attached hydrogens (tertiary/aromatic N) is 5. The Bertz CT molecular complexity index is 1490. The number of imidazole rings is 1. The molecule has 192 valence electrons. The van der Waals surface area contributed by atoms with E-state index < -0.39 is 0 Å². The normalized spacial score (nSPS) is 17.7. The molecule has 0 unspecified atom stereocenters. The minimum absolute atomic E-state index is 0.0185. The van der Waals surface area contributed by atoms with E-state index in [0.717, 1.165) is 17.1 Å². The van der Waals surface area contributed by atoms with Crippen molar-refractivity contribution in [2.45, 2.75) is 25.9 Å². The van der Waals surface area contributed by atoms with Gasteiger partial charge in [-0.3, -0.25) is 4.79 Å². The van der Waals surface area contributed by atoms with E-state index in [4.69, 9.17) is 33.2 Å². The average Bonchev–Trinajstić information content (AvgIpc) is 3.57. The predicted molar refractivity (Wildman–Crippen MR) is 146 cm³/mol. The van der Waals surface area contributed by atoms with Gasteiger partial charge in [0.15, 0.2) is 0 Å². The highest BCUT2D eigenvalue weighted by molar-refractivity contribution is 6.42. The molecule has 0 spiro atoms. The fourth-order valence-electron chi connectivity index (χ4n) is 4.96. The van der Waals surface area contributed by atoms with Crippen LogP contribution in [0.2, 0.25) is 10.0 Å². The number of ether oxygens (including phenoxy) is 1. The number of aryl methyl sites for hydroxylation is 1. The Hall–Kier alpha value is -3.86. The molecule has 1 aliphatic rings. The SMILES string of the molecule is Cc1nccn1-c1ccc(C(=O)N2C[C@H]([C@H](C)Oc3ccc(C#N)cn3)[C@@H](c3ccc(Cl)c(Cl)c3)C2)cc1. The first-order valence-corrected chi connectivity index (χ1v) is 13.0. The lowest BCUT2D eigenvalue weighted by molar-refractivity contribution is 0.0769. The molecule has 0 saturated carbocycles. The lowest BCUT2D eigenvalue weighted by atomic mass is 9.86. The third-order valence-corrected chi connectivity index (χ3v) is 7.76. The van der Waals surface area contributed by atoms with E-state index in [1.54, 1.807) is 24.4 Å². The predicted octanol–water partition coefficient (Wildman–Crippen LogP) is 6.08. The Morgan fingerprint density at radius 2 is 1.87 bits per heavy atom. The average molecular weight is 546 g/mol. The number of halogens is 2. The number of likely N-dealkylation sites (tertiary alicyclic amines) is 1. The minimum atomic E-state index is -0.265. The number of amides is 1. The van der Waals surface area contributed by atoms with E-state index in [1.807, 2.05) is 65.9 Å². The number of rotatable bonds is 6. The van der Waals surface area contributed by atoms with E-state index in [0.29, 0.717) is 40.1 Å². The summed E-state index contributed by atoms with van der Waals surface area (Å²) in [6, 6.07) is 18.6. The van der Waals surface area contributed by atoms with Crippen molar-refractivity contribution < 1.29 is 9.53 Å². The fraction of sp³-hybridized carbons (Fsp3) is 0.241. The molecule has 3 heterocycles. The van der Waals surface area contributed by atoms with Crippen LogP contribution >= 0.6 is 23.2 Å². The van der Waals surface area contributed by atoms with E-state index in [-0.39, 0.29) is 23.8 Å². The zero-order valence-corrected chi connectivity index (χ0v) is 22.4. The zero-order valence-electron chi connectivity index (χ0n) is 20.9. The molecule has 0 aliphatic carbocycles. The van der Waals surface area contributed by atoms with Gasteiger partial charge in [-0.2, -0.15) is 5.26 Å². The fourth-order valence-corrected chi connectivity index (χ4v) is 5.26. The summed E-state index contributed by atoms with van der Waals surface area (Å²) in [7, 11) is 0. The van der Waals surface area contributed by atoms with Gasteiger partial charge in [-0.25, -0.2) is 9.97 Å². The highest BCUT2D eigenvalue weighted by Gasteiger charge is 2.40. The van der Waals surface area contributed by atoms with Crippen LogP contribution in [-0.4, -0.2) is 44.5 Å². The molecular weight excluding hydrogens is 521 g/mol. The van der Waals surface area contributed by atoms with Crippen LogP contribution in [0, 0.1) is 24.2 Å². The maximum Gasteiger partial charge on any atom is 0.253 e. The molecule has 7 nitrogen and oxygen atoms in total. The molecule has 3 atom stereocenters.